The first kappa shape index (κ1) is 20.2. The van der Waals surface area contributed by atoms with Crippen LogP contribution in [-0.4, -0.2) is 0 Å². The molecule has 0 amide bonds. The van der Waals surface area contributed by atoms with Crippen LogP contribution < -0.4 is 16.0 Å². The van der Waals surface area contributed by atoms with E-state index in [-0.39, 0.29) is 23.6 Å². The second-order valence-corrected chi connectivity index (χ2v) is 8.10. The maximum absolute atomic E-state index is 13.1. The Morgan fingerprint density at radius 3 is 2.44 bits per heavy atom. The fraction of sp³-hybridized carbons (Fsp3) is 0.0400. The Kier molecular flexibility index (Phi) is 5.11. The van der Waals surface area contributed by atoms with Crippen molar-refractivity contribution in [2.45, 2.75) is 6.61 Å². The van der Waals surface area contributed by atoms with E-state index in [2.05, 4.69) is 15.9 Å². The molecule has 158 valence electrons. The van der Waals surface area contributed by atoms with E-state index in [0.717, 1.165) is 15.4 Å². The van der Waals surface area contributed by atoms with Crippen molar-refractivity contribution in [3.8, 4) is 16.9 Å². The number of rotatable bonds is 4. The Hall–Kier alpha value is -3.71. The summed E-state index contributed by atoms with van der Waals surface area (Å²) in [6.45, 7) is 0.221. The molecule has 0 fully saturated rings. The molecule has 0 aliphatic carbocycles. The Labute approximate surface area is 188 Å². The van der Waals surface area contributed by atoms with Crippen LogP contribution in [0.3, 0.4) is 0 Å². The predicted octanol–water partition coefficient (Wildman–Crippen LogP) is 6.05. The SMILES string of the molecule is O=c1cc(-c2cc3cc(Br)ccc3oc2=O)c2ccc(OCc3ccc(F)cc3)cc2o1. The average molecular weight is 493 g/mol. The zero-order chi connectivity index (χ0) is 22.2. The van der Waals surface area contributed by atoms with Crippen molar-refractivity contribution < 1.29 is 18.0 Å². The highest BCUT2D eigenvalue weighted by Gasteiger charge is 2.14. The maximum atomic E-state index is 13.1. The van der Waals surface area contributed by atoms with Crippen molar-refractivity contribution in [1.29, 1.82) is 0 Å². The van der Waals surface area contributed by atoms with Gasteiger partial charge in [0.2, 0.25) is 0 Å². The van der Waals surface area contributed by atoms with E-state index in [1.54, 1.807) is 48.5 Å². The monoisotopic (exact) mass is 492 g/mol. The molecule has 0 saturated carbocycles. The molecule has 2 aromatic heterocycles. The molecule has 0 atom stereocenters. The van der Waals surface area contributed by atoms with Crippen molar-refractivity contribution in [2.24, 2.45) is 0 Å². The molecule has 5 rings (SSSR count). The summed E-state index contributed by atoms with van der Waals surface area (Å²) >= 11 is 3.41. The van der Waals surface area contributed by atoms with Gasteiger partial charge < -0.3 is 13.6 Å². The first-order valence-corrected chi connectivity index (χ1v) is 10.4. The van der Waals surface area contributed by atoms with E-state index < -0.39 is 11.3 Å². The molecule has 0 aliphatic heterocycles. The quantitative estimate of drug-likeness (QED) is 0.285. The third-order valence-electron chi connectivity index (χ3n) is 5.02. The largest absolute Gasteiger partial charge is 0.489 e. The van der Waals surface area contributed by atoms with Crippen LogP contribution in [0.4, 0.5) is 4.39 Å². The third-order valence-corrected chi connectivity index (χ3v) is 5.51. The second-order valence-electron chi connectivity index (χ2n) is 7.18. The van der Waals surface area contributed by atoms with E-state index in [4.69, 9.17) is 13.6 Å². The molecule has 0 unspecified atom stereocenters. The lowest BCUT2D eigenvalue weighted by atomic mass is 10.0. The summed E-state index contributed by atoms with van der Waals surface area (Å²) in [5.41, 5.74) is 1.04. The summed E-state index contributed by atoms with van der Waals surface area (Å²) in [7, 11) is 0. The van der Waals surface area contributed by atoms with Crippen molar-refractivity contribution in [2.75, 3.05) is 0 Å². The summed E-state index contributed by atoms with van der Waals surface area (Å²) in [5, 5.41) is 1.29. The molecule has 3 aromatic carbocycles. The smallest absolute Gasteiger partial charge is 0.344 e. The van der Waals surface area contributed by atoms with E-state index >= 15 is 0 Å². The van der Waals surface area contributed by atoms with Gasteiger partial charge in [-0.05, 0) is 54.1 Å². The summed E-state index contributed by atoms with van der Waals surface area (Å²) in [6, 6.07) is 19.3. The van der Waals surface area contributed by atoms with Crippen LogP contribution in [0.15, 0.2) is 95.7 Å². The topological polar surface area (TPSA) is 69.7 Å². The minimum Gasteiger partial charge on any atom is -0.489 e. The van der Waals surface area contributed by atoms with Crippen LogP contribution in [0.1, 0.15) is 5.56 Å². The van der Waals surface area contributed by atoms with Crippen molar-refractivity contribution >= 4 is 37.9 Å². The Morgan fingerprint density at radius 1 is 0.812 bits per heavy atom. The molecule has 0 N–H and O–H groups in total. The molecular weight excluding hydrogens is 479 g/mol. The zero-order valence-electron chi connectivity index (χ0n) is 16.4. The molecule has 5 nitrogen and oxygen atoms in total. The van der Waals surface area contributed by atoms with E-state index in [1.165, 1.54) is 18.2 Å². The summed E-state index contributed by atoms with van der Waals surface area (Å²) < 4.78 is 30.5. The first-order chi connectivity index (χ1) is 15.5. The molecule has 0 saturated heterocycles. The third kappa shape index (κ3) is 3.94. The fourth-order valence-electron chi connectivity index (χ4n) is 3.49. The molecule has 32 heavy (non-hydrogen) atoms. The number of halogens is 2. The minimum atomic E-state index is -0.600. The normalized spacial score (nSPS) is 11.2. The van der Waals surface area contributed by atoms with Gasteiger partial charge in [-0.2, -0.15) is 0 Å². The second kappa shape index (κ2) is 8.09. The zero-order valence-corrected chi connectivity index (χ0v) is 18.0. The lowest BCUT2D eigenvalue weighted by Crippen LogP contribution is -2.06. The number of benzene rings is 3. The van der Waals surface area contributed by atoms with Gasteiger partial charge in [0.15, 0.2) is 0 Å². The number of hydrogen-bond acceptors (Lipinski definition) is 5. The number of hydrogen-bond donors (Lipinski definition) is 0. The Morgan fingerprint density at radius 2 is 1.62 bits per heavy atom. The lowest BCUT2D eigenvalue weighted by Gasteiger charge is -2.09. The Bertz CT molecular complexity index is 1590. The Balaban J connectivity index is 1.56. The molecule has 0 aliphatic rings. The van der Waals surface area contributed by atoms with Gasteiger partial charge in [0.1, 0.15) is 29.3 Å². The summed E-state index contributed by atoms with van der Waals surface area (Å²) in [5.74, 6) is 0.149. The highest BCUT2D eigenvalue weighted by Crippen LogP contribution is 2.30. The van der Waals surface area contributed by atoms with Gasteiger partial charge in [-0.1, -0.05) is 28.1 Å². The van der Waals surface area contributed by atoms with Crippen LogP contribution in [-0.2, 0) is 6.61 Å². The van der Waals surface area contributed by atoms with Crippen LogP contribution in [0, 0.1) is 5.82 Å². The fourth-order valence-corrected chi connectivity index (χ4v) is 3.86. The van der Waals surface area contributed by atoms with Gasteiger partial charge in [-0.25, -0.2) is 14.0 Å². The van der Waals surface area contributed by atoms with Gasteiger partial charge in [-0.3, -0.25) is 0 Å². The van der Waals surface area contributed by atoms with Crippen LogP contribution in [0.5, 0.6) is 5.75 Å². The predicted molar refractivity (Wildman–Crippen MR) is 122 cm³/mol. The first-order valence-electron chi connectivity index (χ1n) is 9.65. The van der Waals surface area contributed by atoms with Crippen LogP contribution >= 0.6 is 15.9 Å². The van der Waals surface area contributed by atoms with Gasteiger partial charge in [0.25, 0.3) is 0 Å². The van der Waals surface area contributed by atoms with Gasteiger partial charge >= 0.3 is 11.3 Å². The minimum absolute atomic E-state index is 0.221. The van der Waals surface area contributed by atoms with E-state index in [0.29, 0.717) is 22.3 Å². The van der Waals surface area contributed by atoms with Crippen molar-refractivity contribution in [3.63, 3.8) is 0 Å². The van der Waals surface area contributed by atoms with Gasteiger partial charge in [0.05, 0.1) is 5.56 Å². The summed E-state index contributed by atoms with van der Waals surface area (Å²) in [6.07, 6.45) is 0. The summed E-state index contributed by atoms with van der Waals surface area (Å²) in [4.78, 5) is 24.9. The molecule has 0 bridgehead atoms. The number of ether oxygens (including phenoxy) is 1. The maximum Gasteiger partial charge on any atom is 0.344 e. The van der Waals surface area contributed by atoms with E-state index in [9.17, 15) is 14.0 Å². The van der Waals surface area contributed by atoms with Crippen molar-refractivity contribution in [1.82, 2.24) is 0 Å². The molecule has 5 aromatic rings. The van der Waals surface area contributed by atoms with Crippen LogP contribution in [0.2, 0.25) is 0 Å². The molecule has 0 radical (unpaired) electrons. The van der Waals surface area contributed by atoms with Crippen molar-refractivity contribution in [3.05, 3.63) is 109 Å². The molecule has 7 heteroatoms. The van der Waals surface area contributed by atoms with Crippen LogP contribution in [0.25, 0.3) is 33.1 Å². The standard InChI is InChI=1S/C25H14BrFO5/c26-16-3-8-22-15(9-16)10-21(25(29)32-22)20-12-24(28)31-23-11-18(6-7-19(20)23)30-13-14-1-4-17(27)5-2-14/h1-12H,13H2. The highest BCUT2D eigenvalue weighted by atomic mass is 79.9. The van der Waals surface area contributed by atoms with Gasteiger partial charge in [-0.15, -0.1) is 0 Å². The molecular formula is C25H14BrFO5. The number of fused-ring (bicyclic) bond motifs is 2. The molecule has 2 heterocycles. The molecule has 0 spiro atoms. The van der Waals surface area contributed by atoms with E-state index in [1.807, 2.05) is 6.07 Å². The van der Waals surface area contributed by atoms with Gasteiger partial charge in [0, 0.05) is 32.9 Å². The average Bonchev–Trinajstić information content (AvgIpc) is 2.78. The lowest BCUT2D eigenvalue weighted by molar-refractivity contribution is 0.306. The highest BCUT2D eigenvalue weighted by molar-refractivity contribution is 9.10.